The fourth-order valence-electron chi connectivity index (χ4n) is 1.78. The van der Waals surface area contributed by atoms with E-state index in [0.29, 0.717) is 0 Å². The van der Waals surface area contributed by atoms with Crippen LogP contribution in [0.3, 0.4) is 0 Å². The Hall–Kier alpha value is -0.820. The smallest absolute Gasteiger partial charge is 0.0295 e. The van der Waals surface area contributed by atoms with Crippen LogP contribution in [-0.2, 0) is 6.42 Å². The highest BCUT2D eigenvalue weighted by Crippen LogP contribution is 2.21. The van der Waals surface area contributed by atoms with Gasteiger partial charge in [-0.15, -0.1) is 0 Å². The van der Waals surface area contributed by atoms with Crippen LogP contribution in [-0.4, -0.2) is 0 Å². The summed E-state index contributed by atoms with van der Waals surface area (Å²) >= 11 is 0. The van der Waals surface area contributed by atoms with Crippen molar-refractivity contribution >= 4 is 0 Å². The largest absolute Gasteiger partial charge is 0.324 e. The Labute approximate surface area is 81.0 Å². The molecule has 0 spiro atoms. The average Bonchev–Trinajstić information content (AvgIpc) is 2.16. The van der Waals surface area contributed by atoms with E-state index in [0.717, 1.165) is 12.8 Å². The van der Waals surface area contributed by atoms with Crippen molar-refractivity contribution in [3.05, 3.63) is 34.9 Å². The molecule has 0 radical (unpaired) electrons. The minimum absolute atomic E-state index is 0.204. The molecule has 1 aromatic carbocycles. The van der Waals surface area contributed by atoms with E-state index in [1.54, 1.807) is 0 Å². The Morgan fingerprint density at radius 1 is 1.31 bits per heavy atom. The van der Waals surface area contributed by atoms with Gasteiger partial charge < -0.3 is 5.73 Å². The number of hydrogen-bond acceptors (Lipinski definition) is 1. The summed E-state index contributed by atoms with van der Waals surface area (Å²) in [5.74, 6) is 0. The highest BCUT2D eigenvalue weighted by molar-refractivity contribution is 5.36. The van der Waals surface area contributed by atoms with Gasteiger partial charge in [0.2, 0.25) is 0 Å². The summed E-state index contributed by atoms with van der Waals surface area (Å²) in [5, 5.41) is 0. The molecule has 1 nitrogen and oxygen atoms in total. The SMILES string of the molecule is CCc1c(C)cccc1C(N)CC. The molecular weight excluding hydrogens is 158 g/mol. The summed E-state index contributed by atoms with van der Waals surface area (Å²) in [6.07, 6.45) is 2.09. The lowest BCUT2D eigenvalue weighted by Crippen LogP contribution is -2.11. The molecule has 1 rings (SSSR count). The van der Waals surface area contributed by atoms with E-state index in [1.807, 2.05) is 0 Å². The van der Waals surface area contributed by atoms with Crippen molar-refractivity contribution in [2.75, 3.05) is 0 Å². The predicted molar refractivity (Wildman–Crippen MR) is 57.8 cm³/mol. The first-order valence-electron chi connectivity index (χ1n) is 5.04. The quantitative estimate of drug-likeness (QED) is 0.754. The summed E-state index contributed by atoms with van der Waals surface area (Å²) in [6, 6.07) is 6.61. The molecule has 0 aliphatic heterocycles. The summed E-state index contributed by atoms with van der Waals surface area (Å²) in [5.41, 5.74) is 10.2. The molecule has 0 saturated heterocycles. The summed E-state index contributed by atoms with van der Waals surface area (Å²) in [6.45, 7) is 6.48. The lowest BCUT2D eigenvalue weighted by molar-refractivity contribution is 0.689. The van der Waals surface area contributed by atoms with Crippen LogP contribution in [0.25, 0.3) is 0 Å². The normalized spacial score (nSPS) is 12.9. The molecule has 0 fully saturated rings. The predicted octanol–water partition coefficient (Wildman–Crippen LogP) is 2.97. The Balaban J connectivity index is 3.12. The second-order valence-corrected chi connectivity index (χ2v) is 3.51. The zero-order chi connectivity index (χ0) is 9.84. The van der Waals surface area contributed by atoms with Crippen LogP contribution in [0.4, 0.5) is 0 Å². The number of rotatable bonds is 3. The van der Waals surface area contributed by atoms with E-state index in [2.05, 4.69) is 39.0 Å². The Bertz CT molecular complexity index is 278. The van der Waals surface area contributed by atoms with Crippen LogP contribution in [0.1, 0.15) is 43.0 Å². The van der Waals surface area contributed by atoms with Gasteiger partial charge in [-0.2, -0.15) is 0 Å². The fraction of sp³-hybridized carbons (Fsp3) is 0.500. The topological polar surface area (TPSA) is 26.0 Å². The first-order chi connectivity index (χ1) is 6.20. The molecule has 0 aliphatic rings. The third kappa shape index (κ3) is 2.10. The molecule has 0 bridgehead atoms. The molecule has 1 aromatic rings. The molecule has 0 heterocycles. The van der Waals surface area contributed by atoms with Crippen LogP contribution in [0.2, 0.25) is 0 Å². The molecule has 1 unspecified atom stereocenters. The maximum Gasteiger partial charge on any atom is 0.0295 e. The second kappa shape index (κ2) is 4.43. The van der Waals surface area contributed by atoms with Gasteiger partial charge in [0.25, 0.3) is 0 Å². The van der Waals surface area contributed by atoms with E-state index in [1.165, 1.54) is 16.7 Å². The van der Waals surface area contributed by atoms with Gasteiger partial charge in [0.1, 0.15) is 0 Å². The van der Waals surface area contributed by atoms with E-state index in [4.69, 9.17) is 5.73 Å². The highest BCUT2D eigenvalue weighted by Gasteiger charge is 2.08. The lowest BCUT2D eigenvalue weighted by Gasteiger charge is -2.15. The summed E-state index contributed by atoms with van der Waals surface area (Å²) < 4.78 is 0. The molecular formula is C12H19N. The summed E-state index contributed by atoms with van der Waals surface area (Å²) in [4.78, 5) is 0. The van der Waals surface area contributed by atoms with Crippen LogP contribution in [0, 0.1) is 6.92 Å². The van der Waals surface area contributed by atoms with E-state index in [9.17, 15) is 0 Å². The van der Waals surface area contributed by atoms with Crippen molar-refractivity contribution in [3.8, 4) is 0 Å². The summed E-state index contributed by atoms with van der Waals surface area (Å²) in [7, 11) is 0. The first kappa shape index (κ1) is 10.3. The van der Waals surface area contributed by atoms with Gasteiger partial charge in [-0.1, -0.05) is 32.0 Å². The first-order valence-corrected chi connectivity index (χ1v) is 5.04. The van der Waals surface area contributed by atoms with Gasteiger partial charge in [0.15, 0.2) is 0 Å². The number of aryl methyl sites for hydroxylation is 1. The fourth-order valence-corrected chi connectivity index (χ4v) is 1.78. The van der Waals surface area contributed by atoms with E-state index in [-0.39, 0.29) is 6.04 Å². The van der Waals surface area contributed by atoms with Crippen LogP contribution < -0.4 is 5.73 Å². The standard InChI is InChI=1S/C12H19N/c1-4-10-9(3)7-6-8-11(10)12(13)5-2/h6-8,12H,4-5,13H2,1-3H3. The number of benzene rings is 1. The highest BCUT2D eigenvalue weighted by atomic mass is 14.6. The molecule has 0 amide bonds. The molecule has 72 valence electrons. The maximum absolute atomic E-state index is 6.04. The minimum Gasteiger partial charge on any atom is -0.324 e. The van der Waals surface area contributed by atoms with E-state index < -0.39 is 0 Å². The van der Waals surface area contributed by atoms with Crippen molar-refractivity contribution in [3.63, 3.8) is 0 Å². The molecule has 13 heavy (non-hydrogen) atoms. The van der Waals surface area contributed by atoms with Gasteiger partial charge in [0, 0.05) is 6.04 Å². The van der Waals surface area contributed by atoms with Crippen molar-refractivity contribution in [2.45, 2.75) is 39.7 Å². The van der Waals surface area contributed by atoms with Gasteiger partial charge in [-0.25, -0.2) is 0 Å². The minimum atomic E-state index is 0.204. The van der Waals surface area contributed by atoms with Crippen molar-refractivity contribution in [1.82, 2.24) is 0 Å². The maximum atomic E-state index is 6.04. The molecule has 2 N–H and O–H groups in total. The zero-order valence-corrected chi connectivity index (χ0v) is 8.80. The van der Waals surface area contributed by atoms with Gasteiger partial charge in [-0.05, 0) is 36.5 Å². The van der Waals surface area contributed by atoms with Crippen LogP contribution in [0.5, 0.6) is 0 Å². The van der Waals surface area contributed by atoms with Gasteiger partial charge in [-0.3, -0.25) is 0 Å². The third-order valence-electron chi connectivity index (χ3n) is 2.64. The van der Waals surface area contributed by atoms with Crippen molar-refractivity contribution < 1.29 is 0 Å². The third-order valence-corrected chi connectivity index (χ3v) is 2.64. The zero-order valence-electron chi connectivity index (χ0n) is 8.80. The Kier molecular flexibility index (Phi) is 3.49. The lowest BCUT2D eigenvalue weighted by atomic mass is 9.94. The molecule has 1 heteroatoms. The van der Waals surface area contributed by atoms with Crippen molar-refractivity contribution in [2.24, 2.45) is 5.73 Å². The van der Waals surface area contributed by atoms with Gasteiger partial charge >= 0.3 is 0 Å². The molecule has 0 aliphatic carbocycles. The van der Waals surface area contributed by atoms with Gasteiger partial charge in [0.05, 0.1) is 0 Å². The van der Waals surface area contributed by atoms with Crippen molar-refractivity contribution in [1.29, 1.82) is 0 Å². The molecule has 0 saturated carbocycles. The molecule has 1 atom stereocenters. The molecule has 0 aromatic heterocycles. The van der Waals surface area contributed by atoms with E-state index >= 15 is 0 Å². The monoisotopic (exact) mass is 177 g/mol. The van der Waals surface area contributed by atoms with Crippen LogP contribution in [0.15, 0.2) is 18.2 Å². The Morgan fingerprint density at radius 3 is 2.54 bits per heavy atom. The average molecular weight is 177 g/mol. The van der Waals surface area contributed by atoms with Crippen LogP contribution >= 0.6 is 0 Å². The number of hydrogen-bond donors (Lipinski definition) is 1. The Morgan fingerprint density at radius 2 is 2.00 bits per heavy atom. The second-order valence-electron chi connectivity index (χ2n) is 3.51. The number of nitrogens with two attached hydrogens (primary N) is 1.